The predicted octanol–water partition coefficient (Wildman–Crippen LogP) is 2.49. The number of nitrogens with one attached hydrogen (secondary N) is 2. The van der Waals surface area contributed by atoms with Crippen LogP contribution in [0.1, 0.15) is 38.2 Å². The lowest BCUT2D eigenvalue weighted by molar-refractivity contribution is -0.386. The van der Waals surface area contributed by atoms with Crippen molar-refractivity contribution in [1.82, 2.24) is 15.2 Å². The summed E-state index contributed by atoms with van der Waals surface area (Å²) in [6, 6.07) is 2.90. The Labute approximate surface area is 160 Å². The van der Waals surface area contributed by atoms with Crippen LogP contribution in [-0.2, 0) is 0 Å². The van der Waals surface area contributed by atoms with E-state index in [4.69, 9.17) is 9.47 Å². The van der Waals surface area contributed by atoms with E-state index >= 15 is 0 Å². The summed E-state index contributed by atoms with van der Waals surface area (Å²) in [5.41, 5.74) is 2.09. The molecule has 150 valence electrons. The van der Waals surface area contributed by atoms with Crippen molar-refractivity contribution in [2.24, 2.45) is 5.10 Å². The Morgan fingerprint density at radius 1 is 1.36 bits per heavy atom. The highest BCUT2D eigenvalue weighted by molar-refractivity contribution is 5.83. The van der Waals surface area contributed by atoms with Crippen LogP contribution in [-0.4, -0.2) is 40.0 Å². The SMILES string of the molecule is CCCCCCOc1c(OC)cc(/C=N/Nc2cn[nH]c(=O)n2)cc1[N+](=O)[O-]. The second-order valence-corrected chi connectivity index (χ2v) is 5.78. The third-order valence-electron chi connectivity index (χ3n) is 3.68. The minimum absolute atomic E-state index is 0.0922. The number of aromatic nitrogens is 3. The van der Waals surface area contributed by atoms with Crippen molar-refractivity contribution in [2.75, 3.05) is 19.1 Å². The first-order valence-corrected chi connectivity index (χ1v) is 8.75. The van der Waals surface area contributed by atoms with Crippen molar-refractivity contribution in [3.05, 3.63) is 44.5 Å². The van der Waals surface area contributed by atoms with Crippen LogP contribution in [0.4, 0.5) is 11.5 Å². The number of nitro benzene ring substituents is 1. The molecule has 2 aromatic rings. The van der Waals surface area contributed by atoms with Crippen molar-refractivity contribution in [1.29, 1.82) is 0 Å². The average Bonchev–Trinajstić information content (AvgIpc) is 2.68. The summed E-state index contributed by atoms with van der Waals surface area (Å²) >= 11 is 0. The molecule has 1 aromatic heterocycles. The Bertz CT molecular complexity index is 883. The molecule has 28 heavy (non-hydrogen) atoms. The van der Waals surface area contributed by atoms with E-state index in [1.54, 1.807) is 6.07 Å². The highest BCUT2D eigenvalue weighted by atomic mass is 16.6. The number of hydrogen-bond acceptors (Lipinski definition) is 9. The summed E-state index contributed by atoms with van der Waals surface area (Å²) in [5, 5.41) is 21.1. The van der Waals surface area contributed by atoms with E-state index in [0.717, 1.165) is 25.7 Å². The molecule has 2 N–H and O–H groups in total. The van der Waals surface area contributed by atoms with Gasteiger partial charge in [-0.05, 0) is 12.5 Å². The van der Waals surface area contributed by atoms with Gasteiger partial charge in [0.2, 0.25) is 5.75 Å². The molecule has 0 saturated heterocycles. The molecule has 0 bridgehead atoms. The first kappa shape index (κ1) is 20.8. The normalized spacial score (nSPS) is 10.8. The maximum absolute atomic E-state index is 11.5. The number of hydrazone groups is 1. The van der Waals surface area contributed by atoms with E-state index in [0.29, 0.717) is 12.2 Å². The van der Waals surface area contributed by atoms with Gasteiger partial charge < -0.3 is 9.47 Å². The molecule has 0 atom stereocenters. The minimum atomic E-state index is -0.627. The molecule has 11 heteroatoms. The minimum Gasteiger partial charge on any atom is -0.493 e. The number of nitrogens with zero attached hydrogens (tertiary/aromatic N) is 4. The quantitative estimate of drug-likeness (QED) is 0.258. The van der Waals surface area contributed by atoms with Crippen LogP contribution in [0.2, 0.25) is 0 Å². The van der Waals surface area contributed by atoms with E-state index in [-0.39, 0.29) is 23.0 Å². The van der Waals surface area contributed by atoms with Crippen molar-refractivity contribution in [3.8, 4) is 11.5 Å². The average molecular weight is 390 g/mol. The summed E-state index contributed by atoms with van der Waals surface area (Å²) in [5.74, 6) is 0.463. The third kappa shape index (κ3) is 6.04. The van der Waals surface area contributed by atoms with Gasteiger partial charge in [0.25, 0.3) is 0 Å². The lowest BCUT2D eigenvalue weighted by atomic mass is 10.1. The Balaban J connectivity index is 2.17. The van der Waals surface area contributed by atoms with Crippen LogP contribution < -0.4 is 20.6 Å². The number of anilines is 1. The fraction of sp³-hybridized carbons (Fsp3) is 0.412. The van der Waals surface area contributed by atoms with Gasteiger partial charge in [0.15, 0.2) is 11.6 Å². The number of aromatic amines is 1. The van der Waals surface area contributed by atoms with E-state index in [2.05, 4.69) is 32.6 Å². The second kappa shape index (κ2) is 10.6. The van der Waals surface area contributed by atoms with Gasteiger partial charge in [-0.1, -0.05) is 26.2 Å². The van der Waals surface area contributed by atoms with Crippen LogP contribution in [0.3, 0.4) is 0 Å². The first-order valence-electron chi connectivity index (χ1n) is 8.75. The van der Waals surface area contributed by atoms with Gasteiger partial charge in [-0.2, -0.15) is 15.2 Å². The van der Waals surface area contributed by atoms with E-state index in [9.17, 15) is 14.9 Å². The lowest BCUT2D eigenvalue weighted by Crippen LogP contribution is -2.13. The molecule has 0 aliphatic rings. The number of unbranched alkanes of at least 4 members (excludes halogenated alkanes) is 3. The molecule has 0 aliphatic carbocycles. The number of benzene rings is 1. The van der Waals surface area contributed by atoms with Crippen LogP contribution in [0.15, 0.2) is 28.2 Å². The summed E-state index contributed by atoms with van der Waals surface area (Å²) in [6.45, 7) is 2.47. The summed E-state index contributed by atoms with van der Waals surface area (Å²) in [7, 11) is 1.41. The van der Waals surface area contributed by atoms with Gasteiger partial charge in [0, 0.05) is 11.6 Å². The summed E-state index contributed by atoms with van der Waals surface area (Å²) in [6.07, 6.45) is 6.59. The molecule has 1 heterocycles. The van der Waals surface area contributed by atoms with Gasteiger partial charge in [-0.3, -0.25) is 15.5 Å². The molecule has 0 fully saturated rings. The number of methoxy groups -OCH3 is 1. The number of H-pyrrole nitrogens is 1. The summed E-state index contributed by atoms with van der Waals surface area (Å²) in [4.78, 5) is 25.6. The molecular formula is C17H22N6O5. The smallest absolute Gasteiger partial charge is 0.363 e. The van der Waals surface area contributed by atoms with Gasteiger partial charge in [0.1, 0.15) is 0 Å². The van der Waals surface area contributed by atoms with Crippen LogP contribution in [0, 0.1) is 10.1 Å². The van der Waals surface area contributed by atoms with Crippen LogP contribution in [0.25, 0.3) is 0 Å². The van der Waals surface area contributed by atoms with Gasteiger partial charge in [-0.15, -0.1) is 0 Å². The lowest BCUT2D eigenvalue weighted by Gasteiger charge is -2.12. The van der Waals surface area contributed by atoms with Crippen molar-refractivity contribution < 1.29 is 14.4 Å². The fourth-order valence-corrected chi connectivity index (χ4v) is 2.36. The summed E-state index contributed by atoms with van der Waals surface area (Å²) < 4.78 is 10.9. The zero-order chi connectivity index (χ0) is 20.4. The highest BCUT2D eigenvalue weighted by Crippen LogP contribution is 2.38. The first-order chi connectivity index (χ1) is 13.5. The molecule has 2 rings (SSSR count). The molecule has 0 spiro atoms. The molecule has 0 unspecified atom stereocenters. The fourth-order valence-electron chi connectivity index (χ4n) is 2.36. The molecule has 1 aromatic carbocycles. The maximum atomic E-state index is 11.5. The van der Waals surface area contributed by atoms with Gasteiger partial charge in [0.05, 0.1) is 31.1 Å². The Hall–Kier alpha value is -3.50. The number of rotatable bonds is 11. The Kier molecular flexibility index (Phi) is 7.88. The molecule has 0 amide bonds. The molecule has 0 aliphatic heterocycles. The number of nitro groups is 1. The number of ether oxygens (including phenoxy) is 2. The monoisotopic (exact) mass is 390 g/mol. The molecule has 0 radical (unpaired) electrons. The topological polar surface area (TPSA) is 145 Å². The van der Waals surface area contributed by atoms with Crippen LogP contribution in [0.5, 0.6) is 11.5 Å². The Morgan fingerprint density at radius 2 is 2.18 bits per heavy atom. The van der Waals surface area contributed by atoms with Gasteiger partial charge in [-0.25, -0.2) is 9.89 Å². The predicted molar refractivity (Wildman–Crippen MR) is 103 cm³/mol. The highest BCUT2D eigenvalue weighted by Gasteiger charge is 2.22. The van der Waals surface area contributed by atoms with E-state index in [1.807, 2.05) is 0 Å². The molecular weight excluding hydrogens is 368 g/mol. The zero-order valence-electron chi connectivity index (χ0n) is 15.7. The molecule has 11 nitrogen and oxygen atoms in total. The van der Waals surface area contributed by atoms with E-state index in [1.165, 1.54) is 25.6 Å². The standard InChI is InChI=1S/C17H22N6O5/c1-3-4-5-6-7-28-16-13(23(25)26)8-12(9-14(16)27-2)10-18-21-15-11-19-22-17(24)20-15/h8-11H,3-7H2,1-2H3,(H2,20,21,22,24)/b18-10+. The van der Waals surface area contributed by atoms with Crippen LogP contribution >= 0.6 is 0 Å². The number of hydrogen-bond donors (Lipinski definition) is 2. The largest absolute Gasteiger partial charge is 0.493 e. The Morgan fingerprint density at radius 3 is 2.86 bits per heavy atom. The van der Waals surface area contributed by atoms with E-state index < -0.39 is 10.6 Å². The maximum Gasteiger partial charge on any atom is 0.363 e. The second-order valence-electron chi connectivity index (χ2n) is 5.78. The molecule has 0 saturated carbocycles. The third-order valence-corrected chi connectivity index (χ3v) is 3.68. The van der Waals surface area contributed by atoms with Gasteiger partial charge >= 0.3 is 11.4 Å². The van der Waals surface area contributed by atoms with Crippen molar-refractivity contribution in [2.45, 2.75) is 32.6 Å². The van der Waals surface area contributed by atoms with Crippen molar-refractivity contribution >= 4 is 17.7 Å². The van der Waals surface area contributed by atoms with Crippen molar-refractivity contribution in [3.63, 3.8) is 0 Å². The zero-order valence-corrected chi connectivity index (χ0v) is 15.7.